The number of aryl methyl sites for hydroxylation is 1. The molecule has 1 heterocycles. The summed E-state index contributed by atoms with van der Waals surface area (Å²) in [5.74, 6) is -0.461. The summed E-state index contributed by atoms with van der Waals surface area (Å²) >= 11 is 0. The Labute approximate surface area is 146 Å². The third-order valence-electron chi connectivity index (χ3n) is 3.93. The monoisotopic (exact) mass is 345 g/mol. The van der Waals surface area contributed by atoms with Crippen LogP contribution in [0.4, 0.5) is 11.4 Å². The molecular formula is C17H23N5O3. The first-order valence-corrected chi connectivity index (χ1v) is 7.92. The number of hydrogen-bond acceptors (Lipinski definition) is 5. The van der Waals surface area contributed by atoms with Crippen LogP contribution in [-0.2, 0) is 5.54 Å². The molecule has 0 bridgehead atoms. The smallest absolute Gasteiger partial charge is 0.270 e. The molecule has 1 aromatic heterocycles. The number of carbonyl (C=O) groups excluding carboxylic acids is 1. The standard InChI is InChI=1S/C17H23N5O3/c1-10(14-9-21(17(3,4)5)20-11(14)2)19-16(23)13-8-12(22(24)25)6-7-15(13)18/h6-10H,18H2,1-5H3,(H,19,23)/t10-/m0/s1. The highest BCUT2D eigenvalue weighted by Gasteiger charge is 2.22. The summed E-state index contributed by atoms with van der Waals surface area (Å²) < 4.78 is 1.85. The van der Waals surface area contributed by atoms with Gasteiger partial charge in [0.1, 0.15) is 0 Å². The summed E-state index contributed by atoms with van der Waals surface area (Å²) in [6.45, 7) is 9.83. The Morgan fingerprint density at radius 1 is 1.40 bits per heavy atom. The first-order valence-electron chi connectivity index (χ1n) is 7.92. The normalized spacial score (nSPS) is 12.7. The number of nitrogens with one attached hydrogen (secondary N) is 1. The van der Waals surface area contributed by atoms with Crippen LogP contribution in [0.5, 0.6) is 0 Å². The summed E-state index contributed by atoms with van der Waals surface area (Å²) in [5.41, 5.74) is 7.42. The SMILES string of the molecule is Cc1nn(C(C)(C)C)cc1[C@H](C)NC(=O)c1cc([N+](=O)[O-])ccc1N. The summed E-state index contributed by atoms with van der Waals surface area (Å²) in [6, 6.07) is 3.50. The van der Waals surface area contributed by atoms with Crippen LogP contribution in [-0.4, -0.2) is 20.6 Å². The van der Waals surface area contributed by atoms with E-state index in [1.54, 1.807) is 0 Å². The van der Waals surface area contributed by atoms with Gasteiger partial charge >= 0.3 is 0 Å². The number of nitro groups is 1. The Bertz CT molecular complexity index is 820. The van der Waals surface area contributed by atoms with Crippen LogP contribution >= 0.6 is 0 Å². The average Bonchev–Trinajstić information content (AvgIpc) is 2.89. The molecule has 1 aromatic carbocycles. The van der Waals surface area contributed by atoms with Crippen LogP contribution in [0.15, 0.2) is 24.4 Å². The van der Waals surface area contributed by atoms with Gasteiger partial charge < -0.3 is 11.1 Å². The highest BCUT2D eigenvalue weighted by atomic mass is 16.6. The van der Waals surface area contributed by atoms with Crippen molar-refractivity contribution >= 4 is 17.3 Å². The minimum absolute atomic E-state index is 0.0851. The predicted molar refractivity (Wildman–Crippen MR) is 95.4 cm³/mol. The first kappa shape index (κ1) is 18.4. The van der Waals surface area contributed by atoms with Crippen LogP contribution < -0.4 is 11.1 Å². The third-order valence-corrected chi connectivity index (χ3v) is 3.93. The number of nitrogen functional groups attached to an aromatic ring is 1. The lowest BCUT2D eigenvalue weighted by Gasteiger charge is -2.19. The molecule has 0 aliphatic heterocycles. The molecule has 0 aliphatic rings. The largest absolute Gasteiger partial charge is 0.398 e. The van der Waals surface area contributed by atoms with Gasteiger partial charge in [0, 0.05) is 29.6 Å². The van der Waals surface area contributed by atoms with Crippen LogP contribution in [0.25, 0.3) is 0 Å². The molecule has 8 heteroatoms. The van der Waals surface area contributed by atoms with Crippen LogP contribution in [0.3, 0.4) is 0 Å². The number of aromatic nitrogens is 2. The van der Waals surface area contributed by atoms with Gasteiger partial charge in [0.15, 0.2) is 0 Å². The molecule has 0 aliphatic carbocycles. The van der Waals surface area contributed by atoms with E-state index >= 15 is 0 Å². The Hall–Kier alpha value is -2.90. The van der Waals surface area contributed by atoms with Gasteiger partial charge in [-0.2, -0.15) is 5.10 Å². The zero-order valence-electron chi connectivity index (χ0n) is 15.0. The number of amides is 1. The summed E-state index contributed by atoms with van der Waals surface area (Å²) in [4.78, 5) is 22.8. The van der Waals surface area contributed by atoms with Gasteiger partial charge in [0.2, 0.25) is 0 Å². The van der Waals surface area contributed by atoms with Crippen molar-refractivity contribution in [2.24, 2.45) is 0 Å². The number of benzene rings is 1. The summed E-state index contributed by atoms with van der Waals surface area (Å²) in [7, 11) is 0. The Morgan fingerprint density at radius 3 is 2.56 bits per heavy atom. The number of nitro benzene ring substituents is 1. The number of rotatable bonds is 4. The van der Waals surface area contributed by atoms with Crippen molar-refractivity contribution < 1.29 is 9.72 Å². The maximum absolute atomic E-state index is 12.5. The highest BCUT2D eigenvalue weighted by molar-refractivity contribution is 6.00. The fraction of sp³-hybridized carbons (Fsp3) is 0.412. The lowest BCUT2D eigenvalue weighted by Crippen LogP contribution is -2.27. The molecule has 0 saturated carbocycles. The molecular weight excluding hydrogens is 322 g/mol. The maximum atomic E-state index is 12.5. The molecule has 8 nitrogen and oxygen atoms in total. The molecule has 2 rings (SSSR count). The van der Waals surface area contributed by atoms with E-state index in [9.17, 15) is 14.9 Å². The van der Waals surface area contributed by atoms with E-state index in [2.05, 4.69) is 10.4 Å². The molecule has 0 spiro atoms. The molecule has 134 valence electrons. The molecule has 0 unspecified atom stereocenters. The van der Waals surface area contributed by atoms with Gasteiger partial charge in [-0.1, -0.05) is 0 Å². The molecule has 0 radical (unpaired) electrons. The van der Waals surface area contributed by atoms with Crippen LogP contribution in [0.1, 0.15) is 55.4 Å². The number of nitrogens with zero attached hydrogens (tertiary/aromatic N) is 3. The lowest BCUT2D eigenvalue weighted by molar-refractivity contribution is -0.384. The number of nitrogens with two attached hydrogens (primary N) is 1. The molecule has 2 aromatic rings. The van der Waals surface area contributed by atoms with Crippen molar-refractivity contribution in [2.75, 3.05) is 5.73 Å². The predicted octanol–water partition coefficient (Wildman–Crippen LogP) is 2.93. The molecule has 0 saturated heterocycles. The Kier molecular flexibility index (Phi) is 4.82. The summed E-state index contributed by atoms with van der Waals surface area (Å²) in [5, 5.41) is 18.2. The van der Waals surface area contributed by atoms with Crippen molar-refractivity contribution in [3.05, 3.63) is 51.3 Å². The van der Waals surface area contributed by atoms with Crippen molar-refractivity contribution in [1.29, 1.82) is 0 Å². The van der Waals surface area contributed by atoms with Gasteiger partial charge in [0.25, 0.3) is 11.6 Å². The van der Waals surface area contributed by atoms with E-state index < -0.39 is 10.8 Å². The fourth-order valence-corrected chi connectivity index (χ4v) is 2.45. The second-order valence-electron chi connectivity index (χ2n) is 7.01. The average molecular weight is 345 g/mol. The van der Waals surface area contributed by atoms with Gasteiger partial charge in [-0.3, -0.25) is 19.6 Å². The molecule has 0 fully saturated rings. The number of anilines is 1. The van der Waals surface area contributed by atoms with Gasteiger partial charge in [-0.15, -0.1) is 0 Å². The van der Waals surface area contributed by atoms with Crippen LogP contribution in [0.2, 0.25) is 0 Å². The second kappa shape index (κ2) is 6.54. The van der Waals surface area contributed by atoms with E-state index in [4.69, 9.17) is 5.73 Å². The van der Waals surface area contributed by atoms with Gasteiger partial charge in [-0.05, 0) is 40.7 Å². The highest BCUT2D eigenvalue weighted by Crippen LogP contribution is 2.23. The van der Waals surface area contributed by atoms with Gasteiger partial charge in [-0.25, -0.2) is 0 Å². The molecule has 25 heavy (non-hydrogen) atoms. The topological polar surface area (TPSA) is 116 Å². The number of hydrogen-bond donors (Lipinski definition) is 2. The van der Waals surface area contributed by atoms with E-state index in [0.717, 1.165) is 11.3 Å². The minimum Gasteiger partial charge on any atom is -0.398 e. The zero-order chi connectivity index (χ0) is 18.9. The van der Waals surface area contributed by atoms with E-state index in [-0.39, 0.29) is 28.5 Å². The molecule has 1 amide bonds. The Balaban J connectivity index is 2.25. The van der Waals surface area contributed by atoms with Gasteiger partial charge in [0.05, 0.1) is 27.8 Å². The second-order valence-corrected chi connectivity index (χ2v) is 7.01. The van der Waals surface area contributed by atoms with Crippen molar-refractivity contribution in [3.63, 3.8) is 0 Å². The van der Waals surface area contributed by atoms with E-state index in [1.807, 2.05) is 45.5 Å². The lowest BCUT2D eigenvalue weighted by atomic mass is 10.1. The van der Waals surface area contributed by atoms with E-state index in [1.165, 1.54) is 18.2 Å². The maximum Gasteiger partial charge on any atom is 0.270 e. The van der Waals surface area contributed by atoms with E-state index in [0.29, 0.717) is 0 Å². The minimum atomic E-state index is -0.558. The summed E-state index contributed by atoms with van der Waals surface area (Å²) in [6.07, 6.45) is 1.90. The molecule has 3 N–H and O–H groups in total. The number of non-ortho nitro benzene ring substituents is 1. The quantitative estimate of drug-likeness (QED) is 0.502. The first-order chi connectivity index (χ1) is 11.5. The third kappa shape index (κ3) is 3.96. The number of carbonyl (C=O) groups is 1. The zero-order valence-corrected chi connectivity index (χ0v) is 15.0. The van der Waals surface area contributed by atoms with Crippen LogP contribution in [0, 0.1) is 17.0 Å². The van der Waals surface area contributed by atoms with Crippen molar-refractivity contribution in [1.82, 2.24) is 15.1 Å². The molecule has 1 atom stereocenters. The Morgan fingerprint density at radius 2 is 2.04 bits per heavy atom. The van der Waals surface area contributed by atoms with Crippen molar-refractivity contribution in [3.8, 4) is 0 Å². The fourth-order valence-electron chi connectivity index (χ4n) is 2.45. The van der Waals surface area contributed by atoms with Crippen molar-refractivity contribution in [2.45, 2.75) is 46.2 Å².